The normalized spacial score (nSPS) is 24.5. The Labute approximate surface area is 112 Å². The van der Waals surface area contributed by atoms with Crippen LogP contribution in [-0.2, 0) is 4.79 Å². The van der Waals surface area contributed by atoms with Crippen LogP contribution in [0.2, 0.25) is 0 Å². The zero-order chi connectivity index (χ0) is 14.5. The molecule has 0 radical (unpaired) electrons. The first-order valence-electron chi connectivity index (χ1n) is 6.88. The minimum Gasteiger partial charge on any atom is -0.353 e. The summed E-state index contributed by atoms with van der Waals surface area (Å²) in [4.78, 5) is 11.6. The van der Waals surface area contributed by atoms with Crippen LogP contribution in [0.4, 0.5) is 13.2 Å². The minimum atomic E-state index is -4.09. The predicted octanol–water partition coefficient (Wildman–Crippen LogP) is 2.61. The maximum atomic E-state index is 12.5. The number of hydrogen-bond acceptors (Lipinski definition) is 2. The molecule has 0 atom stereocenters. The first-order chi connectivity index (χ1) is 8.79. The maximum Gasteiger partial charge on any atom is 0.391 e. The first-order valence-corrected chi connectivity index (χ1v) is 6.88. The van der Waals surface area contributed by atoms with Gasteiger partial charge in [-0.15, -0.1) is 0 Å². The summed E-state index contributed by atoms with van der Waals surface area (Å²) in [5.41, 5.74) is 0. The van der Waals surface area contributed by atoms with Crippen molar-refractivity contribution in [1.82, 2.24) is 10.6 Å². The number of nitrogens with one attached hydrogen (secondary N) is 2. The molecule has 0 aromatic heterocycles. The van der Waals surface area contributed by atoms with E-state index in [2.05, 4.69) is 10.6 Å². The lowest BCUT2D eigenvalue weighted by Crippen LogP contribution is -2.41. The molecule has 6 heteroatoms. The summed E-state index contributed by atoms with van der Waals surface area (Å²) in [6, 6.07) is 0.236. The number of alkyl halides is 3. The molecule has 1 aliphatic carbocycles. The molecule has 0 aromatic carbocycles. The van der Waals surface area contributed by atoms with Crippen molar-refractivity contribution in [3.05, 3.63) is 0 Å². The molecule has 1 amide bonds. The molecule has 0 saturated heterocycles. The molecular weight excluding hydrogens is 257 g/mol. The highest BCUT2D eigenvalue weighted by molar-refractivity contribution is 5.76. The average molecular weight is 280 g/mol. The molecule has 0 spiro atoms. The van der Waals surface area contributed by atoms with E-state index in [1.54, 1.807) is 0 Å². The van der Waals surface area contributed by atoms with Crippen LogP contribution < -0.4 is 10.6 Å². The second kappa shape index (κ2) is 7.12. The molecule has 0 aromatic rings. The van der Waals surface area contributed by atoms with Gasteiger partial charge in [0.15, 0.2) is 0 Å². The lowest BCUT2D eigenvalue weighted by molar-refractivity contribution is -0.182. The van der Waals surface area contributed by atoms with E-state index in [0.717, 1.165) is 0 Å². The summed E-state index contributed by atoms with van der Waals surface area (Å²) in [6.45, 7) is 4.59. The number of amides is 1. The van der Waals surface area contributed by atoms with Crippen molar-refractivity contribution in [1.29, 1.82) is 0 Å². The van der Waals surface area contributed by atoms with Gasteiger partial charge in [0.2, 0.25) is 5.91 Å². The molecule has 1 saturated carbocycles. The topological polar surface area (TPSA) is 41.1 Å². The van der Waals surface area contributed by atoms with Crippen LogP contribution in [0.5, 0.6) is 0 Å². The molecule has 0 aliphatic heterocycles. The average Bonchev–Trinajstić information content (AvgIpc) is 2.27. The van der Waals surface area contributed by atoms with E-state index < -0.39 is 12.1 Å². The zero-order valence-corrected chi connectivity index (χ0v) is 11.5. The smallest absolute Gasteiger partial charge is 0.353 e. The fourth-order valence-electron chi connectivity index (χ4n) is 2.34. The van der Waals surface area contributed by atoms with Crippen molar-refractivity contribution in [2.75, 3.05) is 6.54 Å². The van der Waals surface area contributed by atoms with Crippen LogP contribution in [0.1, 0.15) is 46.0 Å². The number of halogens is 3. The SMILES string of the molecule is CC(C)NCCC(=O)NC1CCC(C(F)(F)F)CC1. The lowest BCUT2D eigenvalue weighted by atomic mass is 9.85. The molecule has 2 N–H and O–H groups in total. The Balaban J connectivity index is 2.20. The van der Waals surface area contributed by atoms with Gasteiger partial charge in [-0.25, -0.2) is 0 Å². The quantitative estimate of drug-likeness (QED) is 0.813. The van der Waals surface area contributed by atoms with E-state index in [1.807, 2.05) is 13.8 Å². The largest absolute Gasteiger partial charge is 0.391 e. The standard InChI is InChI=1S/C13H23F3N2O/c1-9(2)17-8-7-12(19)18-11-5-3-10(4-6-11)13(14,15)16/h9-11,17H,3-8H2,1-2H3,(H,18,19). The van der Waals surface area contributed by atoms with Crippen molar-refractivity contribution in [2.45, 2.75) is 64.2 Å². The Morgan fingerprint density at radius 2 is 1.79 bits per heavy atom. The van der Waals surface area contributed by atoms with Crippen LogP contribution in [0.3, 0.4) is 0 Å². The third kappa shape index (κ3) is 6.27. The van der Waals surface area contributed by atoms with E-state index in [0.29, 0.717) is 31.8 Å². The van der Waals surface area contributed by atoms with Gasteiger partial charge in [-0.1, -0.05) is 13.8 Å². The Bertz CT molecular complexity index is 284. The highest BCUT2D eigenvalue weighted by atomic mass is 19.4. The third-order valence-electron chi connectivity index (χ3n) is 3.46. The maximum absolute atomic E-state index is 12.5. The summed E-state index contributed by atoms with van der Waals surface area (Å²) in [7, 11) is 0. The van der Waals surface area contributed by atoms with Gasteiger partial charge in [-0.2, -0.15) is 13.2 Å². The van der Waals surface area contributed by atoms with Gasteiger partial charge in [-0.3, -0.25) is 4.79 Å². The third-order valence-corrected chi connectivity index (χ3v) is 3.46. The van der Waals surface area contributed by atoms with Gasteiger partial charge < -0.3 is 10.6 Å². The fraction of sp³-hybridized carbons (Fsp3) is 0.923. The van der Waals surface area contributed by atoms with Crippen molar-refractivity contribution in [3.8, 4) is 0 Å². The number of carbonyl (C=O) groups excluding carboxylic acids is 1. The summed E-state index contributed by atoms with van der Waals surface area (Å²) in [5, 5.41) is 5.95. The number of hydrogen-bond donors (Lipinski definition) is 2. The van der Waals surface area contributed by atoms with E-state index in [9.17, 15) is 18.0 Å². The van der Waals surface area contributed by atoms with Gasteiger partial charge in [0.05, 0.1) is 5.92 Å². The second-order valence-electron chi connectivity index (χ2n) is 5.52. The molecule has 1 fully saturated rings. The second-order valence-corrected chi connectivity index (χ2v) is 5.52. The van der Waals surface area contributed by atoms with Crippen molar-refractivity contribution in [3.63, 3.8) is 0 Å². The van der Waals surface area contributed by atoms with Crippen molar-refractivity contribution < 1.29 is 18.0 Å². The highest BCUT2D eigenvalue weighted by Crippen LogP contribution is 2.37. The monoisotopic (exact) mass is 280 g/mol. The molecule has 0 heterocycles. The van der Waals surface area contributed by atoms with E-state index in [1.165, 1.54) is 0 Å². The van der Waals surface area contributed by atoms with Gasteiger partial charge in [0.25, 0.3) is 0 Å². The predicted molar refractivity (Wildman–Crippen MR) is 67.7 cm³/mol. The van der Waals surface area contributed by atoms with Crippen LogP contribution >= 0.6 is 0 Å². The van der Waals surface area contributed by atoms with Crippen LogP contribution in [0.25, 0.3) is 0 Å². The van der Waals surface area contributed by atoms with Crippen LogP contribution in [0, 0.1) is 5.92 Å². The minimum absolute atomic E-state index is 0.0800. The van der Waals surface area contributed by atoms with Gasteiger partial charge in [0, 0.05) is 25.0 Å². The summed E-state index contributed by atoms with van der Waals surface area (Å²) >= 11 is 0. The summed E-state index contributed by atoms with van der Waals surface area (Å²) < 4.78 is 37.4. The van der Waals surface area contributed by atoms with Gasteiger partial charge >= 0.3 is 6.18 Å². The van der Waals surface area contributed by atoms with Crippen molar-refractivity contribution in [2.24, 2.45) is 5.92 Å². The molecular formula is C13H23F3N2O. The van der Waals surface area contributed by atoms with Gasteiger partial charge in [0.1, 0.15) is 0 Å². The molecule has 0 bridgehead atoms. The summed E-state index contributed by atoms with van der Waals surface area (Å²) in [5.74, 6) is -1.27. The molecule has 0 unspecified atom stereocenters. The highest BCUT2D eigenvalue weighted by Gasteiger charge is 2.41. The summed E-state index contributed by atoms with van der Waals surface area (Å²) in [6.07, 6.45) is -2.62. The fourth-order valence-corrected chi connectivity index (χ4v) is 2.34. The molecule has 3 nitrogen and oxygen atoms in total. The molecule has 112 valence electrons. The molecule has 1 rings (SSSR count). The van der Waals surface area contributed by atoms with Crippen molar-refractivity contribution >= 4 is 5.91 Å². The number of carbonyl (C=O) groups is 1. The van der Waals surface area contributed by atoms with E-state index in [4.69, 9.17) is 0 Å². The van der Waals surface area contributed by atoms with Gasteiger partial charge in [-0.05, 0) is 25.7 Å². The number of rotatable bonds is 5. The van der Waals surface area contributed by atoms with E-state index in [-0.39, 0.29) is 24.8 Å². The Hall–Kier alpha value is -0.780. The van der Waals surface area contributed by atoms with E-state index >= 15 is 0 Å². The Morgan fingerprint density at radius 3 is 2.26 bits per heavy atom. The Kier molecular flexibility index (Phi) is 6.10. The Morgan fingerprint density at radius 1 is 1.21 bits per heavy atom. The zero-order valence-electron chi connectivity index (χ0n) is 11.5. The van der Waals surface area contributed by atoms with Crippen LogP contribution in [-0.4, -0.2) is 30.7 Å². The lowest BCUT2D eigenvalue weighted by Gasteiger charge is -2.30. The first kappa shape index (κ1) is 16.3. The van der Waals surface area contributed by atoms with Crippen LogP contribution in [0.15, 0.2) is 0 Å². The molecule has 19 heavy (non-hydrogen) atoms. The molecule has 1 aliphatic rings.